The predicted octanol–water partition coefficient (Wildman–Crippen LogP) is 4.36. The van der Waals surface area contributed by atoms with Gasteiger partial charge in [0, 0.05) is 24.9 Å². The fourth-order valence-electron chi connectivity index (χ4n) is 7.97. The second kappa shape index (κ2) is 6.34. The summed E-state index contributed by atoms with van der Waals surface area (Å²) in [6.45, 7) is 4.71. The average Bonchev–Trinajstić information content (AvgIpc) is 2.61. The lowest BCUT2D eigenvalue weighted by Crippen LogP contribution is -2.61. The predicted molar refractivity (Wildman–Crippen MR) is 98.2 cm³/mol. The van der Waals surface area contributed by atoms with Crippen LogP contribution >= 0.6 is 0 Å². The summed E-state index contributed by atoms with van der Waals surface area (Å²) in [5, 5.41) is 10.2. The van der Waals surface area contributed by atoms with Crippen LogP contribution in [0.2, 0.25) is 0 Å². The summed E-state index contributed by atoms with van der Waals surface area (Å²) in [5.74, 6) is 2.62. The van der Waals surface area contributed by atoms with Crippen molar-refractivity contribution in [1.29, 1.82) is 0 Å². The van der Waals surface area contributed by atoms with Gasteiger partial charge in [-0.05, 0) is 74.5 Å². The van der Waals surface area contributed by atoms with Gasteiger partial charge in [0.1, 0.15) is 5.78 Å². The molecule has 0 aromatic carbocycles. The third kappa shape index (κ3) is 2.48. The zero-order valence-electron chi connectivity index (χ0n) is 16.3. The number of Topliss-reactive ketones (excluding diaryl/α,β-unsaturated/α-hetero) is 1. The highest BCUT2D eigenvalue weighted by Crippen LogP contribution is 2.66. The Balaban J connectivity index is 1.71. The maximum absolute atomic E-state index is 12.7. The number of ether oxygens (including phenoxy) is 1. The van der Waals surface area contributed by atoms with Crippen molar-refractivity contribution in [2.45, 2.75) is 90.3 Å². The van der Waals surface area contributed by atoms with Gasteiger partial charge in [0.15, 0.2) is 0 Å². The first-order valence-electron chi connectivity index (χ1n) is 10.7. The summed E-state index contributed by atoms with van der Waals surface area (Å²) in [6.07, 6.45) is 11.1. The zero-order valence-corrected chi connectivity index (χ0v) is 16.3. The van der Waals surface area contributed by atoms with Crippen LogP contribution in [0.3, 0.4) is 0 Å². The van der Waals surface area contributed by atoms with Crippen molar-refractivity contribution in [2.24, 2.45) is 34.5 Å². The Morgan fingerprint density at radius 3 is 2.64 bits per heavy atom. The van der Waals surface area contributed by atoms with E-state index in [0.29, 0.717) is 35.4 Å². The minimum atomic E-state index is -0.0888. The summed E-state index contributed by atoms with van der Waals surface area (Å²) in [5.41, 5.74) is 0.422. The molecule has 8 atom stereocenters. The zero-order chi connectivity index (χ0) is 17.8. The van der Waals surface area contributed by atoms with Crippen LogP contribution in [0.4, 0.5) is 0 Å². The standard InChI is InChI=1S/C22H36O3/c1-14-19(24)8-9-20(25-3)22(14)11-4-5-17-18(22)7-6-15-13-16(23)10-12-21(15,17)2/h14-18,20,23H,4-13H2,1-3H3. The van der Waals surface area contributed by atoms with Crippen LogP contribution < -0.4 is 0 Å². The monoisotopic (exact) mass is 348 g/mol. The average molecular weight is 349 g/mol. The Labute approximate surface area is 152 Å². The number of aliphatic hydroxyl groups is 1. The van der Waals surface area contributed by atoms with E-state index in [9.17, 15) is 9.90 Å². The molecule has 0 radical (unpaired) electrons. The van der Waals surface area contributed by atoms with Gasteiger partial charge in [-0.2, -0.15) is 0 Å². The number of methoxy groups -OCH3 is 1. The van der Waals surface area contributed by atoms with Gasteiger partial charge in [-0.3, -0.25) is 4.79 Å². The van der Waals surface area contributed by atoms with Gasteiger partial charge >= 0.3 is 0 Å². The molecule has 0 saturated heterocycles. The van der Waals surface area contributed by atoms with Gasteiger partial charge in [-0.15, -0.1) is 0 Å². The van der Waals surface area contributed by atoms with Crippen LogP contribution in [-0.2, 0) is 9.53 Å². The van der Waals surface area contributed by atoms with Crippen LogP contribution in [0.1, 0.15) is 78.1 Å². The van der Waals surface area contributed by atoms with Crippen molar-refractivity contribution >= 4 is 5.78 Å². The van der Waals surface area contributed by atoms with Gasteiger partial charge in [-0.1, -0.05) is 20.3 Å². The molecule has 4 rings (SSSR count). The minimum absolute atomic E-state index is 0.0665. The molecule has 8 unspecified atom stereocenters. The summed E-state index contributed by atoms with van der Waals surface area (Å²) in [4.78, 5) is 12.7. The Morgan fingerprint density at radius 2 is 1.88 bits per heavy atom. The van der Waals surface area contributed by atoms with Crippen molar-refractivity contribution in [1.82, 2.24) is 0 Å². The van der Waals surface area contributed by atoms with E-state index in [4.69, 9.17) is 4.74 Å². The number of fused-ring (bicyclic) bond motifs is 4. The first-order valence-corrected chi connectivity index (χ1v) is 10.7. The maximum Gasteiger partial charge on any atom is 0.136 e. The van der Waals surface area contributed by atoms with Crippen LogP contribution in [0.5, 0.6) is 0 Å². The molecule has 4 aliphatic rings. The molecule has 4 fully saturated rings. The molecule has 25 heavy (non-hydrogen) atoms. The highest BCUT2D eigenvalue weighted by Gasteiger charge is 2.62. The van der Waals surface area contributed by atoms with Crippen molar-refractivity contribution in [3.63, 3.8) is 0 Å². The summed E-state index contributed by atoms with van der Waals surface area (Å²) >= 11 is 0. The number of hydrogen-bond donors (Lipinski definition) is 1. The fraction of sp³-hybridized carbons (Fsp3) is 0.955. The first-order chi connectivity index (χ1) is 11.9. The van der Waals surface area contributed by atoms with Crippen LogP contribution in [0.15, 0.2) is 0 Å². The van der Waals surface area contributed by atoms with Crippen molar-refractivity contribution in [3.05, 3.63) is 0 Å². The third-order valence-electron chi connectivity index (χ3n) is 9.31. The molecule has 4 aliphatic carbocycles. The van der Waals surface area contributed by atoms with Gasteiger partial charge < -0.3 is 9.84 Å². The summed E-state index contributed by atoms with van der Waals surface area (Å²) in [6, 6.07) is 0. The van der Waals surface area contributed by atoms with Crippen molar-refractivity contribution in [2.75, 3.05) is 7.11 Å². The molecular weight excluding hydrogens is 312 g/mol. The molecular formula is C22H36O3. The Hall–Kier alpha value is -0.410. The van der Waals surface area contributed by atoms with Crippen molar-refractivity contribution < 1.29 is 14.6 Å². The van der Waals surface area contributed by atoms with Gasteiger partial charge in [0.25, 0.3) is 0 Å². The van der Waals surface area contributed by atoms with Gasteiger partial charge in [0.2, 0.25) is 0 Å². The molecule has 4 saturated carbocycles. The smallest absolute Gasteiger partial charge is 0.136 e. The number of rotatable bonds is 1. The number of aliphatic hydroxyl groups excluding tert-OH is 1. The molecule has 0 aromatic rings. The topological polar surface area (TPSA) is 46.5 Å². The molecule has 142 valence electrons. The molecule has 0 amide bonds. The molecule has 0 aromatic heterocycles. The molecule has 0 bridgehead atoms. The second-order valence-corrected chi connectivity index (χ2v) is 9.88. The fourth-order valence-corrected chi connectivity index (χ4v) is 7.97. The van der Waals surface area contributed by atoms with E-state index in [1.165, 1.54) is 32.1 Å². The Kier molecular flexibility index (Phi) is 4.56. The van der Waals surface area contributed by atoms with E-state index in [1.807, 2.05) is 7.11 Å². The highest BCUT2D eigenvalue weighted by atomic mass is 16.5. The van der Waals surface area contributed by atoms with E-state index < -0.39 is 0 Å². The maximum atomic E-state index is 12.7. The minimum Gasteiger partial charge on any atom is -0.393 e. The number of hydrogen-bond acceptors (Lipinski definition) is 3. The van der Waals surface area contributed by atoms with E-state index in [-0.39, 0.29) is 23.5 Å². The first kappa shape index (κ1) is 18.0. The third-order valence-corrected chi connectivity index (χ3v) is 9.31. The quantitative estimate of drug-likeness (QED) is 0.765. The molecule has 0 heterocycles. The normalized spacial score (nSPS) is 53.4. The Bertz CT molecular complexity index is 531. The SMILES string of the molecule is COC1CCC(=O)C(C)C12CCCC1C2CCC2CC(O)CCC21C. The molecule has 1 spiro atoms. The van der Waals surface area contributed by atoms with Crippen LogP contribution in [0, 0.1) is 34.5 Å². The van der Waals surface area contributed by atoms with Gasteiger partial charge in [-0.25, -0.2) is 0 Å². The second-order valence-electron chi connectivity index (χ2n) is 9.88. The lowest BCUT2D eigenvalue weighted by molar-refractivity contribution is -0.194. The van der Waals surface area contributed by atoms with E-state index in [2.05, 4.69) is 13.8 Å². The van der Waals surface area contributed by atoms with E-state index >= 15 is 0 Å². The van der Waals surface area contributed by atoms with Crippen LogP contribution in [0.25, 0.3) is 0 Å². The molecule has 0 aliphatic heterocycles. The molecule has 3 nitrogen and oxygen atoms in total. The number of ketones is 1. The molecule has 1 N–H and O–H groups in total. The highest BCUT2D eigenvalue weighted by molar-refractivity contribution is 5.82. The summed E-state index contributed by atoms with van der Waals surface area (Å²) in [7, 11) is 1.86. The number of carbonyl (C=O) groups excluding carboxylic acids is 1. The molecule has 3 heteroatoms. The largest absolute Gasteiger partial charge is 0.393 e. The number of carbonyl (C=O) groups is 1. The van der Waals surface area contributed by atoms with Crippen molar-refractivity contribution in [3.8, 4) is 0 Å². The van der Waals surface area contributed by atoms with Crippen LogP contribution in [-0.4, -0.2) is 30.2 Å². The Morgan fingerprint density at radius 1 is 1.08 bits per heavy atom. The van der Waals surface area contributed by atoms with Gasteiger partial charge in [0.05, 0.1) is 12.2 Å². The lowest BCUT2D eigenvalue weighted by atomic mass is 9.41. The van der Waals surface area contributed by atoms with E-state index in [1.54, 1.807) is 0 Å². The summed E-state index contributed by atoms with van der Waals surface area (Å²) < 4.78 is 6.05. The van der Waals surface area contributed by atoms with E-state index in [0.717, 1.165) is 25.7 Å². The lowest BCUT2D eigenvalue weighted by Gasteiger charge is -2.64.